The molecule has 1 rings (SSSR count). The first-order chi connectivity index (χ1) is 7.52. The molecule has 0 saturated carbocycles. The van der Waals surface area contributed by atoms with Crippen molar-refractivity contribution in [2.75, 3.05) is 0 Å². The number of benzene rings is 1. The van der Waals surface area contributed by atoms with Gasteiger partial charge in [-0.2, -0.15) is 0 Å². The molecule has 2 atom stereocenters. The number of halogens is 1. The van der Waals surface area contributed by atoms with Gasteiger partial charge in [0.25, 0.3) is 0 Å². The number of hydrogen-bond acceptors (Lipinski definition) is 1. The molecule has 1 aromatic carbocycles. The first kappa shape index (κ1) is 13.0. The van der Waals surface area contributed by atoms with Crippen LogP contribution in [-0.4, -0.2) is 5.11 Å². The molecule has 2 heteroatoms. The third-order valence-corrected chi connectivity index (χ3v) is 3.44. The molecule has 0 radical (unpaired) electrons. The Bertz CT molecular complexity index is 360. The predicted octanol–water partition coefficient (Wildman–Crippen LogP) is 4.56. The molecule has 0 aliphatic heterocycles. The SMILES string of the molecule is CCC(C)c1ccc(O)c(F)c1C(C)CC. The molecule has 2 unspecified atom stereocenters. The van der Waals surface area contributed by atoms with E-state index in [1.54, 1.807) is 0 Å². The lowest BCUT2D eigenvalue weighted by atomic mass is 9.86. The minimum atomic E-state index is -0.438. The Morgan fingerprint density at radius 3 is 2.19 bits per heavy atom. The van der Waals surface area contributed by atoms with Crippen LogP contribution in [-0.2, 0) is 0 Å². The zero-order chi connectivity index (χ0) is 12.3. The van der Waals surface area contributed by atoms with Gasteiger partial charge in [-0.05, 0) is 41.9 Å². The number of rotatable bonds is 4. The van der Waals surface area contributed by atoms with Gasteiger partial charge in [-0.25, -0.2) is 4.39 Å². The van der Waals surface area contributed by atoms with Crippen LogP contribution in [0.3, 0.4) is 0 Å². The van der Waals surface area contributed by atoms with Crippen LogP contribution >= 0.6 is 0 Å². The Kier molecular flexibility index (Phi) is 4.34. The van der Waals surface area contributed by atoms with Crippen LogP contribution in [0.2, 0.25) is 0 Å². The van der Waals surface area contributed by atoms with Gasteiger partial charge in [0.15, 0.2) is 11.6 Å². The largest absolute Gasteiger partial charge is 0.505 e. The molecule has 1 nitrogen and oxygen atoms in total. The third kappa shape index (κ3) is 2.37. The quantitative estimate of drug-likeness (QED) is 0.795. The summed E-state index contributed by atoms with van der Waals surface area (Å²) in [5, 5.41) is 9.45. The molecule has 0 fully saturated rings. The first-order valence-electron chi connectivity index (χ1n) is 6.04. The number of aromatic hydroxyl groups is 1. The van der Waals surface area contributed by atoms with Gasteiger partial charge in [0.1, 0.15) is 0 Å². The lowest BCUT2D eigenvalue weighted by Crippen LogP contribution is -2.05. The molecule has 0 aliphatic rings. The van der Waals surface area contributed by atoms with Crippen LogP contribution in [0.15, 0.2) is 12.1 Å². The van der Waals surface area contributed by atoms with Crippen LogP contribution in [0, 0.1) is 5.82 Å². The Hall–Kier alpha value is -1.05. The van der Waals surface area contributed by atoms with Gasteiger partial charge in [0, 0.05) is 0 Å². The van der Waals surface area contributed by atoms with Crippen LogP contribution in [0.4, 0.5) is 4.39 Å². The maximum Gasteiger partial charge on any atom is 0.168 e. The van der Waals surface area contributed by atoms with Gasteiger partial charge in [0.05, 0.1) is 0 Å². The zero-order valence-electron chi connectivity index (χ0n) is 10.5. The van der Waals surface area contributed by atoms with Gasteiger partial charge in [-0.15, -0.1) is 0 Å². The number of phenolic OH excluding ortho intramolecular Hbond substituents is 1. The van der Waals surface area contributed by atoms with E-state index in [-0.39, 0.29) is 11.7 Å². The van der Waals surface area contributed by atoms with E-state index in [4.69, 9.17) is 0 Å². The molecule has 0 spiro atoms. The minimum Gasteiger partial charge on any atom is -0.505 e. The first-order valence-corrected chi connectivity index (χ1v) is 6.04. The van der Waals surface area contributed by atoms with Crippen molar-refractivity contribution in [3.05, 3.63) is 29.1 Å². The second-order valence-electron chi connectivity index (χ2n) is 4.52. The highest BCUT2D eigenvalue weighted by molar-refractivity contribution is 5.40. The fourth-order valence-corrected chi connectivity index (χ4v) is 1.95. The molecule has 1 N–H and O–H groups in total. The smallest absolute Gasteiger partial charge is 0.168 e. The highest BCUT2D eigenvalue weighted by atomic mass is 19.1. The van der Waals surface area contributed by atoms with E-state index >= 15 is 0 Å². The Labute approximate surface area is 97.3 Å². The summed E-state index contributed by atoms with van der Waals surface area (Å²) < 4.78 is 13.9. The predicted molar refractivity (Wildman–Crippen MR) is 65.5 cm³/mol. The summed E-state index contributed by atoms with van der Waals surface area (Å²) in [6.07, 6.45) is 1.86. The molecule has 1 aromatic rings. The van der Waals surface area contributed by atoms with Crippen molar-refractivity contribution in [1.82, 2.24) is 0 Å². The van der Waals surface area contributed by atoms with E-state index in [0.717, 1.165) is 18.4 Å². The fourth-order valence-electron chi connectivity index (χ4n) is 1.95. The molecule has 0 saturated heterocycles. The van der Waals surface area contributed by atoms with Gasteiger partial charge < -0.3 is 5.11 Å². The summed E-state index contributed by atoms with van der Waals surface area (Å²) in [4.78, 5) is 0. The summed E-state index contributed by atoms with van der Waals surface area (Å²) in [7, 11) is 0. The highest BCUT2D eigenvalue weighted by Crippen LogP contribution is 2.35. The molecule has 0 amide bonds. The second kappa shape index (κ2) is 5.33. The molecule has 0 heterocycles. The molecular weight excluding hydrogens is 203 g/mol. The summed E-state index contributed by atoms with van der Waals surface area (Å²) in [5.74, 6) is -0.190. The zero-order valence-corrected chi connectivity index (χ0v) is 10.5. The standard InChI is InChI=1S/C14H21FO/c1-5-9(3)11-7-8-12(16)14(15)13(11)10(4)6-2/h7-10,16H,5-6H2,1-4H3. The normalized spacial score (nSPS) is 14.8. The molecule has 0 aromatic heterocycles. The summed E-state index contributed by atoms with van der Waals surface area (Å²) in [6, 6.07) is 3.32. The molecule has 16 heavy (non-hydrogen) atoms. The van der Waals surface area contributed by atoms with Gasteiger partial charge >= 0.3 is 0 Å². The Morgan fingerprint density at radius 2 is 1.69 bits per heavy atom. The van der Waals surface area contributed by atoms with E-state index in [2.05, 4.69) is 13.8 Å². The summed E-state index contributed by atoms with van der Waals surface area (Å²) >= 11 is 0. The number of hydrogen-bond donors (Lipinski definition) is 1. The highest BCUT2D eigenvalue weighted by Gasteiger charge is 2.20. The van der Waals surface area contributed by atoms with E-state index < -0.39 is 5.82 Å². The van der Waals surface area contributed by atoms with Gasteiger partial charge in [-0.1, -0.05) is 33.8 Å². The van der Waals surface area contributed by atoms with Gasteiger partial charge in [-0.3, -0.25) is 0 Å². The summed E-state index contributed by atoms with van der Waals surface area (Å²) in [5.41, 5.74) is 1.73. The van der Waals surface area contributed by atoms with Crippen molar-refractivity contribution in [3.8, 4) is 5.75 Å². The van der Waals surface area contributed by atoms with Crippen molar-refractivity contribution >= 4 is 0 Å². The van der Waals surface area contributed by atoms with Crippen LogP contribution < -0.4 is 0 Å². The molecule has 90 valence electrons. The Morgan fingerprint density at radius 1 is 1.12 bits per heavy atom. The van der Waals surface area contributed by atoms with Crippen LogP contribution in [0.5, 0.6) is 5.75 Å². The average molecular weight is 224 g/mol. The monoisotopic (exact) mass is 224 g/mol. The van der Waals surface area contributed by atoms with E-state index in [0.29, 0.717) is 11.5 Å². The van der Waals surface area contributed by atoms with Crippen LogP contribution in [0.1, 0.15) is 63.5 Å². The van der Waals surface area contributed by atoms with Crippen molar-refractivity contribution in [2.24, 2.45) is 0 Å². The van der Waals surface area contributed by atoms with E-state index in [9.17, 15) is 9.50 Å². The lowest BCUT2D eigenvalue weighted by molar-refractivity contribution is 0.423. The van der Waals surface area contributed by atoms with Crippen molar-refractivity contribution in [2.45, 2.75) is 52.4 Å². The van der Waals surface area contributed by atoms with Crippen molar-refractivity contribution in [3.63, 3.8) is 0 Å². The molecular formula is C14H21FO. The van der Waals surface area contributed by atoms with Crippen LogP contribution in [0.25, 0.3) is 0 Å². The topological polar surface area (TPSA) is 20.2 Å². The lowest BCUT2D eigenvalue weighted by Gasteiger charge is -2.20. The maximum absolute atomic E-state index is 13.9. The maximum atomic E-state index is 13.9. The average Bonchev–Trinajstić information content (AvgIpc) is 2.30. The van der Waals surface area contributed by atoms with Crippen molar-refractivity contribution in [1.29, 1.82) is 0 Å². The second-order valence-corrected chi connectivity index (χ2v) is 4.52. The molecule has 0 bridgehead atoms. The van der Waals surface area contributed by atoms with E-state index in [1.807, 2.05) is 19.9 Å². The molecule has 0 aliphatic carbocycles. The fraction of sp³-hybridized carbons (Fsp3) is 0.571. The Balaban J connectivity index is 3.32. The van der Waals surface area contributed by atoms with Crippen molar-refractivity contribution < 1.29 is 9.50 Å². The van der Waals surface area contributed by atoms with E-state index in [1.165, 1.54) is 6.07 Å². The minimum absolute atomic E-state index is 0.149. The van der Waals surface area contributed by atoms with Gasteiger partial charge in [0.2, 0.25) is 0 Å². The summed E-state index contributed by atoms with van der Waals surface area (Å²) in [6.45, 7) is 8.23. The third-order valence-electron chi connectivity index (χ3n) is 3.44. The number of phenols is 1.